The minimum absolute atomic E-state index is 0.0303. The molecule has 0 saturated carbocycles. The minimum Gasteiger partial charge on any atom is -0.375 e. The molecule has 0 N–H and O–H groups in total. The lowest BCUT2D eigenvalue weighted by Gasteiger charge is -2.21. The number of anilines is 1. The van der Waals surface area contributed by atoms with Gasteiger partial charge in [-0.05, 0) is 36.8 Å². The molecule has 0 aliphatic heterocycles. The van der Waals surface area contributed by atoms with Crippen molar-refractivity contribution in [3.8, 4) is 16.6 Å². The second kappa shape index (κ2) is 8.54. The van der Waals surface area contributed by atoms with Gasteiger partial charge in [0.25, 0.3) is 5.91 Å². The molecule has 27 heavy (non-hydrogen) atoms. The van der Waals surface area contributed by atoms with Crippen LogP contribution in [0.5, 0.6) is 0 Å². The van der Waals surface area contributed by atoms with Gasteiger partial charge in [-0.3, -0.25) is 14.7 Å². The molecule has 0 bridgehead atoms. The second-order valence-electron chi connectivity index (χ2n) is 5.88. The number of carbonyl (C=O) groups excluding carboxylic acids is 1. The van der Waals surface area contributed by atoms with Crippen LogP contribution in [0.3, 0.4) is 0 Å². The number of methoxy groups -OCH3 is 1. The summed E-state index contributed by atoms with van der Waals surface area (Å²) in [6, 6.07) is 13.1. The summed E-state index contributed by atoms with van der Waals surface area (Å²) in [5.41, 5.74) is 3.10. The molecule has 0 radical (unpaired) electrons. The zero-order chi connectivity index (χ0) is 19.2. The zero-order valence-electron chi connectivity index (χ0n) is 15.0. The molecule has 3 rings (SSSR count). The highest BCUT2D eigenvalue weighted by Gasteiger charge is 2.22. The average Bonchev–Trinajstić information content (AvgIpc) is 3.08. The topological polar surface area (TPSA) is 79.1 Å². The van der Waals surface area contributed by atoms with Gasteiger partial charge in [0.15, 0.2) is 0 Å². The fourth-order valence-electron chi connectivity index (χ4n) is 2.65. The number of aryl methyl sites for hydroxylation is 1. The Bertz CT molecular complexity index is 979. The lowest BCUT2D eigenvalue weighted by Crippen LogP contribution is -2.33. The highest BCUT2D eigenvalue weighted by molar-refractivity contribution is 7.19. The van der Waals surface area contributed by atoms with Crippen molar-refractivity contribution in [3.05, 3.63) is 65.6 Å². The van der Waals surface area contributed by atoms with Crippen molar-refractivity contribution in [2.45, 2.75) is 13.5 Å². The molecule has 0 unspecified atom stereocenters. The summed E-state index contributed by atoms with van der Waals surface area (Å²) in [5, 5.41) is 10.7. The SMILES string of the molecule is COCC(=O)N(Cc1cccc(C#N)c1)c1sc(-c2cccnc2)nc1C. The van der Waals surface area contributed by atoms with Crippen molar-refractivity contribution in [1.82, 2.24) is 9.97 Å². The molecule has 0 saturated heterocycles. The number of pyridine rings is 1. The van der Waals surface area contributed by atoms with E-state index in [4.69, 9.17) is 10.00 Å². The van der Waals surface area contributed by atoms with Crippen LogP contribution in [0.1, 0.15) is 16.8 Å². The van der Waals surface area contributed by atoms with Gasteiger partial charge in [0.2, 0.25) is 0 Å². The molecule has 0 fully saturated rings. The molecular weight excluding hydrogens is 360 g/mol. The third-order valence-corrected chi connectivity index (χ3v) is 5.12. The Labute approximate surface area is 161 Å². The number of ether oxygens (including phenoxy) is 1. The van der Waals surface area contributed by atoms with Gasteiger partial charge in [0.1, 0.15) is 16.6 Å². The molecule has 2 aromatic heterocycles. The third-order valence-electron chi connectivity index (χ3n) is 3.89. The largest absolute Gasteiger partial charge is 0.375 e. The molecular formula is C20H18N4O2S. The number of benzene rings is 1. The Balaban J connectivity index is 1.97. The minimum atomic E-state index is -0.163. The van der Waals surface area contributed by atoms with E-state index in [1.165, 1.54) is 18.4 Å². The first-order valence-electron chi connectivity index (χ1n) is 8.28. The van der Waals surface area contributed by atoms with E-state index in [9.17, 15) is 4.79 Å². The van der Waals surface area contributed by atoms with Gasteiger partial charge in [-0.1, -0.05) is 23.5 Å². The fourth-order valence-corrected chi connectivity index (χ4v) is 3.72. The first-order valence-corrected chi connectivity index (χ1v) is 9.10. The van der Waals surface area contributed by atoms with Crippen LogP contribution in [0.15, 0.2) is 48.8 Å². The summed E-state index contributed by atoms with van der Waals surface area (Å²) >= 11 is 1.44. The predicted molar refractivity (Wildman–Crippen MR) is 104 cm³/mol. The molecule has 0 aliphatic rings. The predicted octanol–water partition coefficient (Wildman–Crippen LogP) is 3.56. The molecule has 0 spiro atoms. The van der Waals surface area contributed by atoms with Crippen molar-refractivity contribution in [2.75, 3.05) is 18.6 Å². The standard InChI is InChI=1S/C20H18N4O2S/c1-14-20(27-19(23-14)17-7-4-8-22-11-17)24(18(25)13-26-2)12-16-6-3-5-15(9-16)10-21/h3-9,11H,12-13H2,1-2H3. The molecule has 1 amide bonds. The highest BCUT2D eigenvalue weighted by Crippen LogP contribution is 2.35. The quantitative estimate of drug-likeness (QED) is 0.655. The van der Waals surface area contributed by atoms with Crippen LogP contribution in [0.25, 0.3) is 10.6 Å². The number of rotatable bonds is 6. The lowest BCUT2D eigenvalue weighted by atomic mass is 10.1. The van der Waals surface area contributed by atoms with Crippen LogP contribution < -0.4 is 4.90 Å². The molecule has 0 aliphatic carbocycles. The number of hydrogen-bond donors (Lipinski definition) is 0. The number of nitriles is 1. The van der Waals surface area contributed by atoms with Crippen LogP contribution in [0, 0.1) is 18.3 Å². The molecule has 3 aromatic rings. The molecule has 136 valence electrons. The normalized spacial score (nSPS) is 10.4. The third kappa shape index (κ3) is 4.37. The van der Waals surface area contributed by atoms with Crippen molar-refractivity contribution in [3.63, 3.8) is 0 Å². The first-order chi connectivity index (χ1) is 13.1. The van der Waals surface area contributed by atoms with Crippen molar-refractivity contribution < 1.29 is 9.53 Å². The van der Waals surface area contributed by atoms with Crippen LogP contribution >= 0.6 is 11.3 Å². The zero-order valence-corrected chi connectivity index (χ0v) is 15.9. The molecule has 6 nitrogen and oxygen atoms in total. The van der Waals surface area contributed by atoms with Crippen LogP contribution in [0.2, 0.25) is 0 Å². The van der Waals surface area contributed by atoms with E-state index in [0.717, 1.165) is 26.8 Å². The number of hydrogen-bond acceptors (Lipinski definition) is 6. The van der Waals surface area contributed by atoms with Gasteiger partial charge in [-0.15, -0.1) is 0 Å². The molecule has 2 heterocycles. The summed E-state index contributed by atoms with van der Waals surface area (Å²) < 4.78 is 5.05. The van der Waals surface area contributed by atoms with Crippen molar-refractivity contribution in [2.24, 2.45) is 0 Å². The van der Waals surface area contributed by atoms with E-state index in [0.29, 0.717) is 12.1 Å². The maximum absolute atomic E-state index is 12.7. The van der Waals surface area contributed by atoms with Crippen LogP contribution in [-0.4, -0.2) is 29.6 Å². The Morgan fingerprint density at radius 1 is 1.33 bits per heavy atom. The van der Waals surface area contributed by atoms with Crippen molar-refractivity contribution >= 4 is 22.2 Å². The monoisotopic (exact) mass is 378 g/mol. The van der Waals surface area contributed by atoms with Gasteiger partial charge < -0.3 is 4.74 Å². The number of amides is 1. The van der Waals surface area contributed by atoms with Crippen LogP contribution in [-0.2, 0) is 16.1 Å². The van der Waals surface area contributed by atoms with E-state index in [2.05, 4.69) is 16.0 Å². The van der Waals surface area contributed by atoms with E-state index < -0.39 is 0 Å². The van der Waals surface area contributed by atoms with Gasteiger partial charge in [-0.25, -0.2) is 4.98 Å². The number of carbonyl (C=O) groups is 1. The van der Waals surface area contributed by atoms with Crippen LogP contribution in [0.4, 0.5) is 5.00 Å². The Kier molecular flexibility index (Phi) is 5.91. The summed E-state index contributed by atoms with van der Waals surface area (Å²) in [5.74, 6) is -0.163. The van der Waals surface area contributed by atoms with Gasteiger partial charge in [-0.2, -0.15) is 5.26 Å². The van der Waals surface area contributed by atoms with E-state index >= 15 is 0 Å². The van der Waals surface area contributed by atoms with E-state index in [1.807, 2.05) is 31.2 Å². The summed E-state index contributed by atoms with van der Waals surface area (Å²) in [7, 11) is 1.49. The molecule has 1 aromatic carbocycles. The first kappa shape index (κ1) is 18.7. The van der Waals surface area contributed by atoms with Gasteiger partial charge in [0, 0.05) is 25.1 Å². The fraction of sp³-hybridized carbons (Fsp3) is 0.200. The van der Waals surface area contributed by atoms with Crippen molar-refractivity contribution in [1.29, 1.82) is 5.26 Å². The summed E-state index contributed by atoms with van der Waals surface area (Å²) in [4.78, 5) is 23.1. The van der Waals surface area contributed by atoms with E-state index in [1.54, 1.807) is 29.4 Å². The lowest BCUT2D eigenvalue weighted by molar-refractivity contribution is -0.122. The maximum atomic E-state index is 12.7. The van der Waals surface area contributed by atoms with Gasteiger partial charge >= 0.3 is 0 Å². The summed E-state index contributed by atoms with van der Waals surface area (Å²) in [6.45, 7) is 2.19. The average molecular weight is 378 g/mol. The van der Waals surface area contributed by atoms with Gasteiger partial charge in [0.05, 0.1) is 23.9 Å². The Morgan fingerprint density at radius 2 is 2.19 bits per heavy atom. The molecule has 7 heteroatoms. The second-order valence-corrected chi connectivity index (χ2v) is 6.85. The smallest absolute Gasteiger partial charge is 0.253 e. The maximum Gasteiger partial charge on any atom is 0.253 e. The summed E-state index contributed by atoms with van der Waals surface area (Å²) in [6.07, 6.45) is 3.46. The van der Waals surface area contributed by atoms with E-state index in [-0.39, 0.29) is 12.5 Å². The number of thiazole rings is 1. The molecule has 0 atom stereocenters. The Hall–Kier alpha value is -3.08. The number of nitrogens with zero attached hydrogens (tertiary/aromatic N) is 4. The Morgan fingerprint density at radius 3 is 2.89 bits per heavy atom. The number of aromatic nitrogens is 2. The highest BCUT2D eigenvalue weighted by atomic mass is 32.1.